The molecule has 3 nitrogen and oxygen atoms in total. The normalized spacial score (nSPS) is 17.3. The van der Waals surface area contributed by atoms with E-state index >= 15 is 0 Å². The lowest BCUT2D eigenvalue weighted by Gasteiger charge is -2.23. The molecular formula is C13H16ClN3S. The molecule has 0 aliphatic heterocycles. The molecule has 3 rings (SSSR count). The molecule has 2 aromatic rings. The number of nitrogens with zero attached hydrogens (tertiary/aromatic N) is 3. The van der Waals surface area contributed by atoms with Crippen molar-refractivity contribution < 1.29 is 0 Å². The summed E-state index contributed by atoms with van der Waals surface area (Å²) in [5.74, 6) is 2.09. The van der Waals surface area contributed by atoms with Gasteiger partial charge < -0.3 is 0 Å². The molecule has 1 unspecified atom stereocenters. The van der Waals surface area contributed by atoms with Crippen molar-refractivity contribution in [2.75, 3.05) is 0 Å². The summed E-state index contributed by atoms with van der Waals surface area (Å²) in [5.41, 5.74) is 0. The zero-order chi connectivity index (χ0) is 12.7. The Morgan fingerprint density at radius 3 is 2.72 bits per heavy atom. The topological polar surface area (TPSA) is 30.7 Å². The summed E-state index contributed by atoms with van der Waals surface area (Å²) in [6.45, 7) is 4.44. The summed E-state index contributed by atoms with van der Waals surface area (Å²) in [7, 11) is 0. The van der Waals surface area contributed by atoms with Crippen molar-refractivity contribution in [3.63, 3.8) is 0 Å². The molecule has 0 bridgehead atoms. The van der Waals surface area contributed by atoms with Gasteiger partial charge >= 0.3 is 0 Å². The lowest BCUT2D eigenvalue weighted by molar-refractivity contribution is 0.431. The Labute approximate surface area is 116 Å². The Kier molecular flexibility index (Phi) is 3.16. The van der Waals surface area contributed by atoms with Crippen LogP contribution in [0.5, 0.6) is 0 Å². The van der Waals surface area contributed by atoms with Crippen LogP contribution in [0, 0.1) is 5.92 Å². The molecule has 96 valence electrons. The van der Waals surface area contributed by atoms with E-state index in [4.69, 9.17) is 11.6 Å². The summed E-state index contributed by atoms with van der Waals surface area (Å²) in [4.78, 5) is 1.33. The molecule has 1 saturated carbocycles. The SMILES string of the molecule is CC(C)C(c1cccs1)n1c(Cl)nnc1C1CC1. The average Bonchev–Trinajstić information content (AvgIpc) is 2.90. The standard InChI is InChI=1S/C13H16ClN3S/c1-8(2)11(10-4-3-7-18-10)17-12(9-5-6-9)15-16-13(17)14/h3-4,7-9,11H,5-6H2,1-2H3. The van der Waals surface area contributed by atoms with Gasteiger partial charge in [-0.15, -0.1) is 21.5 Å². The zero-order valence-electron chi connectivity index (χ0n) is 10.5. The van der Waals surface area contributed by atoms with Crippen LogP contribution in [-0.4, -0.2) is 14.8 Å². The molecule has 1 atom stereocenters. The van der Waals surface area contributed by atoms with Gasteiger partial charge in [0.1, 0.15) is 5.82 Å². The van der Waals surface area contributed by atoms with Crippen molar-refractivity contribution in [2.45, 2.75) is 38.6 Å². The van der Waals surface area contributed by atoms with E-state index in [2.05, 4.69) is 46.1 Å². The van der Waals surface area contributed by atoms with Gasteiger partial charge in [0.15, 0.2) is 0 Å². The lowest BCUT2D eigenvalue weighted by atomic mass is 10.0. The third-order valence-electron chi connectivity index (χ3n) is 3.37. The molecule has 2 aromatic heterocycles. The molecule has 0 N–H and O–H groups in total. The third-order valence-corrected chi connectivity index (χ3v) is 4.57. The monoisotopic (exact) mass is 281 g/mol. The maximum Gasteiger partial charge on any atom is 0.225 e. The largest absolute Gasteiger partial charge is 0.293 e. The van der Waals surface area contributed by atoms with Crippen molar-refractivity contribution in [1.29, 1.82) is 0 Å². The van der Waals surface area contributed by atoms with E-state index in [9.17, 15) is 0 Å². The minimum atomic E-state index is 0.253. The first kappa shape index (κ1) is 12.2. The number of hydrogen-bond acceptors (Lipinski definition) is 3. The lowest BCUT2D eigenvalue weighted by Crippen LogP contribution is -2.18. The molecule has 1 aliphatic rings. The van der Waals surface area contributed by atoms with Crippen LogP contribution in [0.15, 0.2) is 17.5 Å². The van der Waals surface area contributed by atoms with Gasteiger partial charge in [0.2, 0.25) is 5.28 Å². The fraction of sp³-hybridized carbons (Fsp3) is 0.538. The van der Waals surface area contributed by atoms with E-state index in [1.54, 1.807) is 11.3 Å². The van der Waals surface area contributed by atoms with Crippen LogP contribution >= 0.6 is 22.9 Å². The van der Waals surface area contributed by atoms with Crippen LogP contribution in [0.2, 0.25) is 5.28 Å². The van der Waals surface area contributed by atoms with Gasteiger partial charge in [-0.25, -0.2) is 0 Å². The first-order valence-electron chi connectivity index (χ1n) is 6.32. The van der Waals surface area contributed by atoms with Crippen molar-refractivity contribution in [1.82, 2.24) is 14.8 Å². The molecule has 1 fully saturated rings. The molecule has 0 saturated heterocycles. The average molecular weight is 282 g/mol. The minimum absolute atomic E-state index is 0.253. The van der Waals surface area contributed by atoms with Crippen LogP contribution in [0.25, 0.3) is 0 Å². The van der Waals surface area contributed by atoms with E-state index in [1.165, 1.54) is 17.7 Å². The Hall–Kier alpha value is -0.870. The quantitative estimate of drug-likeness (QED) is 0.844. The van der Waals surface area contributed by atoms with Crippen molar-refractivity contribution in [3.8, 4) is 0 Å². The predicted molar refractivity (Wildman–Crippen MR) is 74.3 cm³/mol. The maximum atomic E-state index is 6.27. The first-order chi connectivity index (χ1) is 8.68. The molecule has 1 aliphatic carbocycles. The van der Waals surface area contributed by atoms with E-state index < -0.39 is 0 Å². The van der Waals surface area contributed by atoms with Crippen molar-refractivity contribution >= 4 is 22.9 Å². The van der Waals surface area contributed by atoms with Gasteiger partial charge in [0, 0.05) is 10.8 Å². The number of rotatable bonds is 4. The van der Waals surface area contributed by atoms with E-state index in [-0.39, 0.29) is 6.04 Å². The number of halogens is 1. The highest BCUT2D eigenvalue weighted by Crippen LogP contribution is 2.43. The van der Waals surface area contributed by atoms with Crippen LogP contribution in [0.1, 0.15) is 49.4 Å². The van der Waals surface area contributed by atoms with Crippen molar-refractivity contribution in [3.05, 3.63) is 33.5 Å². The maximum absolute atomic E-state index is 6.27. The smallest absolute Gasteiger partial charge is 0.225 e. The zero-order valence-corrected chi connectivity index (χ0v) is 12.1. The Bertz CT molecular complexity index is 528. The number of aromatic nitrogens is 3. The minimum Gasteiger partial charge on any atom is -0.293 e. The summed E-state index contributed by atoms with van der Waals surface area (Å²) in [6, 6.07) is 4.51. The summed E-state index contributed by atoms with van der Waals surface area (Å²) in [5, 5.41) is 11.0. The molecule has 18 heavy (non-hydrogen) atoms. The van der Waals surface area contributed by atoms with Crippen LogP contribution in [0.3, 0.4) is 0 Å². The summed E-state index contributed by atoms with van der Waals surface area (Å²) in [6.07, 6.45) is 2.43. The predicted octanol–water partition coefficient (Wildman–Crippen LogP) is 4.12. The third kappa shape index (κ3) is 2.08. The number of thiophene rings is 1. The van der Waals surface area contributed by atoms with Gasteiger partial charge in [-0.05, 0) is 41.8 Å². The fourth-order valence-corrected chi connectivity index (χ4v) is 3.59. The molecule has 2 heterocycles. The number of hydrogen-bond donors (Lipinski definition) is 0. The van der Waals surface area contributed by atoms with Gasteiger partial charge in [0.05, 0.1) is 6.04 Å². The van der Waals surface area contributed by atoms with Crippen molar-refractivity contribution in [2.24, 2.45) is 5.92 Å². The Morgan fingerprint density at radius 2 is 2.17 bits per heavy atom. The van der Waals surface area contributed by atoms with Gasteiger partial charge in [0.25, 0.3) is 0 Å². The van der Waals surface area contributed by atoms with E-state index in [1.807, 2.05) is 0 Å². The summed E-state index contributed by atoms with van der Waals surface area (Å²) >= 11 is 8.04. The Morgan fingerprint density at radius 1 is 1.39 bits per heavy atom. The molecule has 5 heteroatoms. The Balaban J connectivity index is 2.07. The second-order valence-corrected chi connectivity index (χ2v) is 6.49. The molecular weight excluding hydrogens is 266 g/mol. The van der Waals surface area contributed by atoms with Crippen LogP contribution in [-0.2, 0) is 0 Å². The fourth-order valence-electron chi connectivity index (χ4n) is 2.37. The molecule has 0 spiro atoms. The van der Waals surface area contributed by atoms with Gasteiger partial charge in [-0.2, -0.15) is 0 Å². The van der Waals surface area contributed by atoms with E-state index in [0.717, 1.165) is 5.82 Å². The van der Waals surface area contributed by atoms with Gasteiger partial charge in [-0.1, -0.05) is 19.9 Å². The summed E-state index contributed by atoms with van der Waals surface area (Å²) < 4.78 is 2.13. The van der Waals surface area contributed by atoms with Crippen LogP contribution < -0.4 is 0 Å². The van der Waals surface area contributed by atoms with E-state index in [0.29, 0.717) is 17.1 Å². The highest BCUT2D eigenvalue weighted by atomic mass is 35.5. The molecule has 0 aromatic carbocycles. The second-order valence-electron chi connectivity index (χ2n) is 5.18. The highest BCUT2D eigenvalue weighted by molar-refractivity contribution is 7.10. The highest BCUT2D eigenvalue weighted by Gasteiger charge is 2.34. The van der Waals surface area contributed by atoms with Gasteiger partial charge in [-0.3, -0.25) is 4.57 Å². The van der Waals surface area contributed by atoms with Crippen LogP contribution in [0.4, 0.5) is 0 Å². The molecule has 0 radical (unpaired) electrons. The second kappa shape index (κ2) is 4.67. The molecule has 0 amide bonds. The first-order valence-corrected chi connectivity index (χ1v) is 7.58.